The molecule has 2 aliphatic rings. The van der Waals surface area contributed by atoms with Crippen molar-refractivity contribution in [3.8, 4) is 5.75 Å². The van der Waals surface area contributed by atoms with Crippen LogP contribution in [0, 0.1) is 0 Å². The molecule has 5 heterocycles. The number of hydrogen-bond acceptors (Lipinski definition) is 3. The Morgan fingerprint density at radius 2 is 1.72 bits per heavy atom. The average Bonchev–Trinajstić information content (AvgIpc) is 3.54. The summed E-state index contributed by atoms with van der Waals surface area (Å²) in [4.78, 5) is 15.9. The molecular weight excluding hydrogens is 360 g/mol. The molecule has 0 fully saturated rings. The number of aromatic amines is 2. The number of fused-ring (bicyclic) bond motifs is 8. The van der Waals surface area contributed by atoms with E-state index in [1.165, 1.54) is 0 Å². The van der Waals surface area contributed by atoms with Crippen molar-refractivity contribution in [3.05, 3.63) is 70.8 Å². The summed E-state index contributed by atoms with van der Waals surface area (Å²) in [7, 11) is 0. The fourth-order valence-corrected chi connectivity index (χ4v) is 3.72. The van der Waals surface area contributed by atoms with Crippen molar-refractivity contribution in [1.82, 2.24) is 19.9 Å². The van der Waals surface area contributed by atoms with Crippen molar-refractivity contribution in [1.29, 1.82) is 0 Å². The highest BCUT2D eigenvalue weighted by molar-refractivity contribution is 5.85. The first-order chi connectivity index (χ1) is 14.6. The van der Waals surface area contributed by atoms with Gasteiger partial charge in [0.25, 0.3) is 0 Å². The summed E-state index contributed by atoms with van der Waals surface area (Å²) in [6.45, 7) is 6.04. The predicted octanol–water partition coefficient (Wildman–Crippen LogP) is 5.57. The number of nitrogens with zero attached hydrogens (tertiary/aromatic N) is 2. The summed E-state index contributed by atoms with van der Waals surface area (Å²) in [6, 6.07) is 7.79. The number of aromatic nitrogens is 4. The molecule has 142 valence electrons. The van der Waals surface area contributed by atoms with Crippen molar-refractivity contribution in [2.24, 2.45) is 0 Å². The van der Waals surface area contributed by atoms with E-state index in [9.17, 15) is 5.11 Å². The van der Waals surface area contributed by atoms with Crippen LogP contribution < -0.4 is 0 Å². The van der Waals surface area contributed by atoms with E-state index in [2.05, 4.69) is 33.4 Å². The van der Waals surface area contributed by atoms with Gasteiger partial charge in [0.15, 0.2) is 5.75 Å². The molecule has 0 saturated carbocycles. The maximum absolute atomic E-state index is 10.7. The summed E-state index contributed by atoms with van der Waals surface area (Å²) in [5, 5.41) is 10.7. The van der Waals surface area contributed by atoms with E-state index in [1.807, 2.05) is 30.4 Å². The quantitative estimate of drug-likeness (QED) is 0.374. The topological polar surface area (TPSA) is 77.6 Å². The normalized spacial score (nSPS) is 12.9. The molecule has 0 radical (unpaired) electrons. The van der Waals surface area contributed by atoms with Gasteiger partial charge >= 0.3 is 0 Å². The zero-order valence-electron chi connectivity index (χ0n) is 17.0. The van der Waals surface area contributed by atoms with Crippen molar-refractivity contribution >= 4 is 52.4 Å². The molecule has 3 aromatic rings. The number of H-pyrrole nitrogens is 2. The van der Waals surface area contributed by atoms with Gasteiger partial charge in [0.1, 0.15) is 5.69 Å². The van der Waals surface area contributed by atoms with Gasteiger partial charge in [0, 0.05) is 27.7 Å². The summed E-state index contributed by atoms with van der Waals surface area (Å²) in [5.74, 6) is 0.0495. The van der Waals surface area contributed by atoms with Crippen LogP contribution in [0.25, 0.3) is 52.4 Å². The monoisotopic (exact) mass is 381 g/mol. The van der Waals surface area contributed by atoms with E-state index in [-0.39, 0.29) is 11.8 Å². The van der Waals surface area contributed by atoms with Gasteiger partial charge in [0.05, 0.1) is 24.0 Å². The van der Waals surface area contributed by atoms with Crippen LogP contribution in [0.2, 0.25) is 0 Å². The van der Waals surface area contributed by atoms with E-state index in [0.29, 0.717) is 22.4 Å². The number of hydrogen-bond donors (Lipinski definition) is 3. The first-order valence-corrected chi connectivity index (χ1v) is 9.52. The van der Waals surface area contributed by atoms with Crippen LogP contribution in [0.5, 0.6) is 5.75 Å². The molecular formula is C24H20N4O. The summed E-state index contributed by atoms with van der Waals surface area (Å²) in [5.41, 5.74) is 7.47. The Morgan fingerprint density at radius 3 is 2.55 bits per heavy atom. The molecule has 5 rings (SSSR count). The minimum atomic E-state index is 0.0495. The van der Waals surface area contributed by atoms with Crippen LogP contribution in [-0.2, 0) is 6.42 Å². The van der Waals surface area contributed by atoms with Gasteiger partial charge in [-0.3, -0.25) is 0 Å². The predicted molar refractivity (Wildman–Crippen MR) is 120 cm³/mol. The zero-order chi connectivity index (χ0) is 20.8. The third-order valence-corrected chi connectivity index (χ3v) is 5.17. The molecule has 0 unspecified atom stereocenters. The van der Waals surface area contributed by atoms with E-state index >= 15 is 0 Å². The lowest BCUT2D eigenvalue weighted by Gasteiger charge is -1.99. The first-order valence-electron chi connectivity index (χ1n) is 10.0. The number of aryl methyl sites for hydroxylation is 1. The van der Waals surface area contributed by atoms with Crippen LogP contribution in [-0.4, -0.2) is 25.0 Å². The van der Waals surface area contributed by atoms with E-state index in [0.717, 1.165) is 40.0 Å². The van der Waals surface area contributed by atoms with Crippen LogP contribution in [0.1, 0.15) is 42.2 Å². The second-order valence-electron chi connectivity index (χ2n) is 6.93. The summed E-state index contributed by atoms with van der Waals surface area (Å²) in [6.07, 6.45) is 9.99. The Bertz CT molecular complexity index is 1420. The molecule has 0 saturated heterocycles. The summed E-state index contributed by atoms with van der Waals surface area (Å²) < 4.78 is 8.53. The van der Waals surface area contributed by atoms with Gasteiger partial charge in [-0.2, -0.15) is 0 Å². The van der Waals surface area contributed by atoms with Crippen molar-refractivity contribution in [2.45, 2.75) is 13.3 Å². The SMILES string of the molecule is [2H]c1c2nc(c(C=C)c3ccc([nH]3)c(CC)c3nc(c(O)c4ccc1[nH]4)C=C3)C=C2. The van der Waals surface area contributed by atoms with E-state index in [4.69, 9.17) is 1.37 Å². The zero-order valence-corrected chi connectivity index (χ0v) is 16.0. The maximum atomic E-state index is 10.7. The third-order valence-electron chi connectivity index (χ3n) is 5.17. The van der Waals surface area contributed by atoms with Crippen LogP contribution in [0.4, 0.5) is 0 Å². The van der Waals surface area contributed by atoms with Gasteiger partial charge < -0.3 is 15.1 Å². The molecule has 0 aromatic carbocycles. The van der Waals surface area contributed by atoms with Crippen molar-refractivity contribution in [2.75, 3.05) is 0 Å². The van der Waals surface area contributed by atoms with Gasteiger partial charge in [-0.25, -0.2) is 9.97 Å². The second kappa shape index (κ2) is 6.63. The Balaban J connectivity index is 1.99. The highest BCUT2D eigenvalue weighted by Gasteiger charge is 2.11. The number of aromatic hydroxyl groups is 1. The van der Waals surface area contributed by atoms with Gasteiger partial charge in [-0.05, 0) is 61.0 Å². The van der Waals surface area contributed by atoms with Crippen LogP contribution in [0.3, 0.4) is 0 Å². The minimum absolute atomic E-state index is 0.0495. The van der Waals surface area contributed by atoms with Gasteiger partial charge in [0.2, 0.25) is 0 Å². The first kappa shape index (κ1) is 16.1. The molecule has 29 heavy (non-hydrogen) atoms. The second-order valence-corrected chi connectivity index (χ2v) is 6.93. The highest BCUT2D eigenvalue weighted by Crippen LogP contribution is 2.28. The fraction of sp³-hybridized carbons (Fsp3) is 0.0833. The van der Waals surface area contributed by atoms with E-state index < -0.39 is 0 Å². The number of nitrogens with one attached hydrogen (secondary N) is 2. The van der Waals surface area contributed by atoms with Gasteiger partial charge in [-0.1, -0.05) is 19.6 Å². The molecule has 2 aliphatic heterocycles. The van der Waals surface area contributed by atoms with Crippen molar-refractivity contribution < 1.29 is 6.48 Å². The number of rotatable bonds is 2. The lowest BCUT2D eigenvalue weighted by Crippen LogP contribution is -1.88. The Hall–Kier alpha value is -3.86. The fourth-order valence-electron chi connectivity index (χ4n) is 3.72. The molecule has 5 nitrogen and oxygen atoms in total. The highest BCUT2D eigenvalue weighted by atomic mass is 16.3. The Morgan fingerprint density at radius 1 is 0.966 bits per heavy atom. The van der Waals surface area contributed by atoms with Crippen LogP contribution >= 0.6 is 0 Å². The molecule has 5 heteroatoms. The lowest BCUT2D eigenvalue weighted by molar-refractivity contribution is 0.477. The van der Waals surface area contributed by atoms with E-state index in [1.54, 1.807) is 24.3 Å². The smallest absolute Gasteiger partial charge is 0.165 e. The standard InChI is InChI=1S/C24H20N4O/c1-3-16-18-7-5-14(25-18)13-15-6-8-22(26-15)24(29)23-12-11-21(28-23)17(4-2)20-10-9-19(16)27-20/h3,5-13,26-27,29H,1,4H2,2H3/i13D. The van der Waals surface area contributed by atoms with Crippen molar-refractivity contribution in [3.63, 3.8) is 0 Å². The molecule has 0 atom stereocenters. The minimum Gasteiger partial charge on any atom is -0.504 e. The lowest BCUT2D eigenvalue weighted by atomic mass is 10.1. The molecule has 0 aliphatic carbocycles. The molecule has 0 amide bonds. The van der Waals surface area contributed by atoms with Gasteiger partial charge in [-0.15, -0.1) is 0 Å². The largest absolute Gasteiger partial charge is 0.504 e. The molecule has 3 N–H and O–H groups in total. The molecule has 8 bridgehead atoms. The molecule has 3 aromatic heterocycles. The molecule has 0 spiro atoms. The third kappa shape index (κ3) is 2.88. The maximum Gasteiger partial charge on any atom is 0.165 e. The van der Waals surface area contributed by atoms with Crippen LogP contribution in [0.15, 0.2) is 36.9 Å². The Kier molecular flexibility index (Phi) is 3.69. The Labute approximate surface area is 169 Å². The summed E-state index contributed by atoms with van der Waals surface area (Å²) >= 11 is 0. The average molecular weight is 381 g/mol.